The SMILES string of the molecule is O=C(O)c1ccc(CNc2ccnc3ccccc23)cc1. The standard InChI is InChI=1S/C17H14N2O2/c20-17(21)13-7-5-12(6-8-13)11-19-16-9-10-18-15-4-2-1-3-14(15)16/h1-10H,11H2,(H,18,19)(H,20,21). The first-order valence-electron chi connectivity index (χ1n) is 6.64. The maximum Gasteiger partial charge on any atom is 0.335 e. The maximum absolute atomic E-state index is 10.8. The van der Waals surface area contributed by atoms with Gasteiger partial charge in [0.05, 0.1) is 11.1 Å². The van der Waals surface area contributed by atoms with Crippen molar-refractivity contribution < 1.29 is 9.90 Å². The number of fused-ring (bicyclic) bond motifs is 1. The van der Waals surface area contributed by atoms with Crippen LogP contribution in [0.2, 0.25) is 0 Å². The molecule has 104 valence electrons. The Balaban J connectivity index is 1.79. The minimum Gasteiger partial charge on any atom is -0.478 e. The summed E-state index contributed by atoms with van der Waals surface area (Å²) < 4.78 is 0. The Hall–Kier alpha value is -2.88. The van der Waals surface area contributed by atoms with E-state index in [-0.39, 0.29) is 0 Å². The summed E-state index contributed by atoms with van der Waals surface area (Å²) in [7, 11) is 0. The zero-order valence-electron chi connectivity index (χ0n) is 11.3. The Bertz CT molecular complexity index is 777. The van der Waals surface area contributed by atoms with Gasteiger partial charge in [-0.1, -0.05) is 30.3 Å². The smallest absolute Gasteiger partial charge is 0.335 e. The molecule has 0 radical (unpaired) electrons. The van der Waals surface area contributed by atoms with Gasteiger partial charge >= 0.3 is 5.97 Å². The first-order chi connectivity index (χ1) is 10.2. The number of pyridine rings is 1. The lowest BCUT2D eigenvalue weighted by atomic mass is 10.1. The Labute approximate surface area is 122 Å². The Morgan fingerprint density at radius 1 is 1.05 bits per heavy atom. The second kappa shape index (κ2) is 5.63. The summed E-state index contributed by atoms with van der Waals surface area (Å²) >= 11 is 0. The molecule has 2 aromatic carbocycles. The largest absolute Gasteiger partial charge is 0.478 e. The number of carboxylic acid groups (broad SMARTS) is 1. The van der Waals surface area contributed by atoms with Crippen LogP contribution in [0.5, 0.6) is 0 Å². The van der Waals surface area contributed by atoms with Gasteiger partial charge in [-0.3, -0.25) is 4.98 Å². The average Bonchev–Trinajstić information content (AvgIpc) is 2.53. The normalized spacial score (nSPS) is 10.5. The van der Waals surface area contributed by atoms with Crippen molar-refractivity contribution in [1.82, 2.24) is 4.98 Å². The molecule has 0 saturated heterocycles. The highest BCUT2D eigenvalue weighted by molar-refractivity contribution is 5.91. The fourth-order valence-corrected chi connectivity index (χ4v) is 2.21. The van der Waals surface area contributed by atoms with Gasteiger partial charge in [-0.15, -0.1) is 0 Å². The van der Waals surface area contributed by atoms with Crippen LogP contribution in [-0.2, 0) is 6.54 Å². The number of aromatic nitrogens is 1. The van der Waals surface area contributed by atoms with E-state index >= 15 is 0 Å². The number of hydrogen-bond acceptors (Lipinski definition) is 3. The van der Waals surface area contributed by atoms with Gasteiger partial charge in [0, 0.05) is 23.8 Å². The molecule has 0 aliphatic rings. The van der Waals surface area contributed by atoms with E-state index < -0.39 is 5.97 Å². The topological polar surface area (TPSA) is 62.2 Å². The Morgan fingerprint density at radius 3 is 2.57 bits per heavy atom. The van der Waals surface area contributed by atoms with Gasteiger partial charge in [-0.2, -0.15) is 0 Å². The number of rotatable bonds is 4. The molecule has 0 unspecified atom stereocenters. The molecular formula is C17H14N2O2. The molecule has 1 aromatic heterocycles. The van der Waals surface area contributed by atoms with Gasteiger partial charge < -0.3 is 10.4 Å². The molecule has 0 amide bonds. The molecule has 0 fully saturated rings. The molecular weight excluding hydrogens is 264 g/mol. The van der Waals surface area contributed by atoms with Gasteiger partial charge in [0.2, 0.25) is 0 Å². The van der Waals surface area contributed by atoms with Crippen molar-refractivity contribution in [3.63, 3.8) is 0 Å². The third-order valence-electron chi connectivity index (χ3n) is 3.33. The van der Waals surface area contributed by atoms with E-state index in [0.29, 0.717) is 12.1 Å². The third-order valence-corrected chi connectivity index (χ3v) is 3.33. The van der Waals surface area contributed by atoms with Crippen LogP contribution in [0.25, 0.3) is 10.9 Å². The second-order valence-electron chi connectivity index (χ2n) is 4.73. The number of anilines is 1. The first-order valence-corrected chi connectivity index (χ1v) is 6.64. The molecule has 21 heavy (non-hydrogen) atoms. The second-order valence-corrected chi connectivity index (χ2v) is 4.73. The lowest BCUT2D eigenvalue weighted by molar-refractivity contribution is 0.0697. The molecule has 4 heteroatoms. The van der Waals surface area contributed by atoms with Crippen molar-refractivity contribution in [2.24, 2.45) is 0 Å². The number of para-hydroxylation sites is 1. The third kappa shape index (κ3) is 2.84. The number of nitrogens with one attached hydrogen (secondary N) is 1. The predicted molar refractivity (Wildman–Crippen MR) is 82.5 cm³/mol. The summed E-state index contributed by atoms with van der Waals surface area (Å²) in [5, 5.41) is 13.3. The molecule has 3 rings (SSSR count). The highest BCUT2D eigenvalue weighted by atomic mass is 16.4. The highest BCUT2D eigenvalue weighted by Crippen LogP contribution is 2.21. The predicted octanol–water partition coefficient (Wildman–Crippen LogP) is 3.55. The molecule has 0 atom stereocenters. The molecule has 0 bridgehead atoms. The quantitative estimate of drug-likeness (QED) is 0.766. The maximum atomic E-state index is 10.8. The van der Waals surface area contributed by atoms with Crippen molar-refractivity contribution in [2.75, 3.05) is 5.32 Å². The van der Waals surface area contributed by atoms with E-state index in [4.69, 9.17) is 5.11 Å². The fourth-order valence-electron chi connectivity index (χ4n) is 2.21. The van der Waals surface area contributed by atoms with Gasteiger partial charge in [0.1, 0.15) is 0 Å². The van der Waals surface area contributed by atoms with Crippen LogP contribution in [-0.4, -0.2) is 16.1 Å². The molecule has 0 saturated carbocycles. The van der Waals surface area contributed by atoms with Crippen LogP contribution in [0, 0.1) is 0 Å². The summed E-state index contributed by atoms with van der Waals surface area (Å²) in [6.07, 6.45) is 1.78. The number of carboxylic acids is 1. The number of aromatic carboxylic acids is 1. The fraction of sp³-hybridized carbons (Fsp3) is 0.0588. The summed E-state index contributed by atoms with van der Waals surface area (Å²) in [4.78, 5) is 15.1. The molecule has 0 spiro atoms. The molecule has 3 aromatic rings. The first kappa shape index (κ1) is 13.1. The summed E-state index contributed by atoms with van der Waals surface area (Å²) in [6, 6.07) is 16.8. The number of carbonyl (C=O) groups is 1. The van der Waals surface area contributed by atoms with E-state index in [0.717, 1.165) is 22.2 Å². The van der Waals surface area contributed by atoms with E-state index in [9.17, 15) is 4.79 Å². The van der Waals surface area contributed by atoms with Crippen molar-refractivity contribution >= 4 is 22.6 Å². The molecule has 1 heterocycles. The monoisotopic (exact) mass is 278 g/mol. The van der Waals surface area contributed by atoms with Crippen LogP contribution in [0.3, 0.4) is 0 Å². The minimum absolute atomic E-state index is 0.299. The van der Waals surface area contributed by atoms with Crippen LogP contribution in [0.15, 0.2) is 60.8 Å². The number of benzene rings is 2. The summed E-state index contributed by atoms with van der Waals surface area (Å²) in [6.45, 7) is 0.633. The zero-order valence-corrected chi connectivity index (χ0v) is 11.3. The molecule has 2 N–H and O–H groups in total. The molecule has 0 aliphatic carbocycles. The summed E-state index contributed by atoms with van der Waals surface area (Å²) in [5.74, 6) is -0.908. The Kier molecular flexibility index (Phi) is 3.51. The number of nitrogens with zero attached hydrogens (tertiary/aromatic N) is 1. The van der Waals surface area contributed by atoms with E-state index in [1.54, 1.807) is 18.3 Å². The van der Waals surface area contributed by atoms with Gasteiger partial charge in [-0.25, -0.2) is 4.79 Å². The van der Waals surface area contributed by atoms with E-state index in [1.807, 2.05) is 42.5 Å². The van der Waals surface area contributed by atoms with Crippen LogP contribution >= 0.6 is 0 Å². The van der Waals surface area contributed by atoms with Crippen LogP contribution in [0.1, 0.15) is 15.9 Å². The van der Waals surface area contributed by atoms with Gasteiger partial charge in [-0.05, 0) is 29.8 Å². The average molecular weight is 278 g/mol. The summed E-state index contributed by atoms with van der Waals surface area (Å²) in [5.41, 5.74) is 3.29. The van der Waals surface area contributed by atoms with E-state index in [1.165, 1.54) is 0 Å². The van der Waals surface area contributed by atoms with Crippen molar-refractivity contribution in [3.8, 4) is 0 Å². The van der Waals surface area contributed by atoms with Gasteiger partial charge in [0.15, 0.2) is 0 Å². The van der Waals surface area contributed by atoms with Crippen LogP contribution in [0.4, 0.5) is 5.69 Å². The zero-order chi connectivity index (χ0) is 14.7. The lowest BCUT2D eigenvalue weighted by Crippen LogP contribution is -2.01. The van der Waals surface area contributed by atoms with Crippen molar-refractivity contribution in [1.29, 1.82) is 0 Å². The highest BCUT2D eigenvalue weighted by Gasteiger charge is 2.03. The minimum atomic E-state index is -0.908. The lowest BCUT2D eigenvalue weighted by Gasteiger charge is -2.09. The molecule has 4 nitrogen and oxygen atoms in total. The molecule has 0 aliphatic heterocycles. The van der Waals surface area contributed by atoms with Crippen molar-refractivity contribution in [2.45, 2.75) is 6.54 Å². The van der Waals surface area contributed by atoms with Crippen molar-refractivity contribution in [3.05, 3.63) is 71.9 Å². The van der Waals surface area contributed by atoms with E-state index in [2.05, 4.69) is 10.3 Å². The van der Waals surface area contributed by atoms with Crippen LogP contribution < -0.4 is 5.32 Å². The Morgan fingerprint density at radius 2 is 1.81 bits per heavy atom. The van der Waals surface area contributed by atoms with Gasteiger partial charge in [0.25, 0.3) is 0 Å². The number of hydrogen-bond donors (Lipinski definition) is 2.